The van der Waals surface area contributed by atoms with Gasteiger partial charge < -0.3 is 33.2 Å². The van der Waals surface area contributed by atoms with Gasteiger partial charge in [0.05, 0.1) is 55.7 Å². The summed E-state index contributed by atoms with van der Waals surface area (Å²) in [5, 5.41) is 0.697. The van der Waals surface area contributed by atoms with Gasteiger partial charge in [-0.25, -0.2) is 17.6 Å². The number of fused-ring (bicyclic) bond motifs is 2. The van der Waals surface area contributed by atoms with E-state index in [1.807, 2.05) is 0 Å². The third-order valence-electron chi connectivity index (χ3n) is 11.0. The number of hydrogen-bond acceptors (Lipinski definition) is 13. The van der Waals surface area contributed by atoms with Crippen LogP contribution in [0.5, 0.6) is 57.5 Å². The largest absolute Gasteiger partial charge is 0.493 e. The molecule has 372 valence electrons. The number of benzene rings is 7. The van der Waals surface area contributed by atoms with Crippen molar-refractivity contribution in [2.24, 2.45) is 0 Å². The number of pyridine rings is 2. The van der Waals surface area contributed by atoms with Gasteiger partial charge in [0.15, 0.2) is 46.1 Å². The number of rotatable bonds is 17. The Labute approximate surface area is 415 Å². The first kappa shape index (κ1) is 49.2. The van der Waals surface area contributed by atoms with Crippen LogP contribution in [0.25, 0.3) is 21.8 Å². The first-order valence-electron chi connectivity index (χ1n) is 21.5. The second-order valence-corrected chi connectivity index (χ2v) is 19.0. The van der Waals surface area contributed by atoms with Crippen LogP contribution in [0.15, 0.2) is 168 Å². The molecule has 0 amide bonds. The molecule has 0 fully saturated rings. The summed E-state index contributed by atoms with van der Waals surface area (Å²) in [6, 6.07) is 28.7. The molecule has 0 radical (unpaired) electrons. The van der Waals surface area contributed by atoms with Crippen LogP contribution >= 0.6 is 0 Å². The predicted octanol–water partition coefficient (Wildman–Crippen LogP) is 11.8. The zero-order valence-electron chi connectivity index (χ0n) is 38.6. The van der Waals surface area contributed by atoms with Crippen LogP contribution in [0.1, 0.15) is 0 Å². The van der Waals surface area contributed by atoms with Crippen LogP contribution in [-0.4, -0.2) is 55.2 Å². The lowest BCUT2D eigenvalue weighted by molar-refractivity contribution is 0.355. The van der Waals surface area contributed by atoms with Gasteiger partial charge in [-0.1, -0.05) is 24.3 Å². The molecule has 9 rings (SSSR count). The van der Waals surface area contributed by atoms with Gasteiger partial charge >= 0.3 is 0 Å². The van der Waals surface area contributed by atoms with E-state index in [-0.39, 0.29) is 31.8 Å². The van der Waals surface area contributed by atoms with E-state index < -0.39 is 76.0 Å². The van der Waals surface area contributed by atoms with Gasteiger partial charge in [0.1, 0.15) is 39.5 Å². The van der Waals surface area contributed by atoms with Crippen LogP contribution in [-0.2, 0) is 20.0 Å². The second kappa shape index (κ2) is 20.1. The number of anilines is 2. The van der Waals surface area contributed by atoms with Crippen molar-refractivity contribution in [3.05, 3.63) is 181 Å². The summed E-state index contributed by atoms with van der Waals surface area (Å²) in [6.45, 7) is 0. The zero-order chi connectivity index (χ0) is 51.6. The van der Waals surface area contributed by atoms with E-state index in [0.29, 0.717) is 75.1 Å². The van der Waals surface area contributed by atoms with E-state index in [9.17, 15) is 4.39 Å². The molecule has 9 aromatic rings. The quantitative estimate of drug-likeness (QED) is 0.0625. The molecule has 0 spiro atoms. The molecule has 7 aromatic carbocycles. The van der Waals surface area contributed by atoms with E-state index in [4.69, 9.17) is 33.2 Å². The molecule has 0 aliphatic rings. The lowest BCUT2D eigenvalue weighted by atomic mass is 10.2. The highest BCUT2D eigenvalue weighted by Gasteiger charge is 2.42. The topological polar surface area (TPSA) is 165 Å². The maximum atomic E-state index is 16.8. The van der Waals surface area contributed by atoms with E-state index in [2.05, 4.69) is 9.97 Å². The van der Waals surface area contributed by atoms with Crippen LogP contribution in [0, 0.1) is 23.3 Å². The van der Waals surface area contributed by atoms with Gasteiger partial charge in [-0.2, -0.15) is 25.7 Å². The van der Waals surface area contributed by atoms with Crippen LogP contribution < -0.4 is 42.0 Å². The number of halogens is 4. The first-order valence-corrected chi connectivity index (χ1v) is 24.4. The highest BCUT2D eigenvalue weighted by atomic mass is 32.2. The van der Waals surface area contributed by atoms with E-state index in [1.165, 1.54) is 71.2 Å². The van der Waals surface area contributed by atoms with Crippen molar-refractivity contribution in [2.45, 2.75) is 9.79 Å². The summed E-state index contributed by atoms with van der Waals surface area (Å²) in [7, 11) is -5.47. The van der Waals surface area contributed by atoms with Crippen molar-refractivity contribution < 1.29 is 67.6 Å². The van der Waals surface area contributed by atoms with E-state index >= 15 is 30.0 Å². The monoisotopic (exact) mass is 1030 g/mol. The number of methoxy groups -OCH3 is 4. The Morgan fingerprint density at radius 1 is 0.411 bits per heavy atom. The van der Waals surface area contributed by atoms with Crippen molar-refractivity contribution in [2.75, 3.05) is 37.3 Å². The minimum absolute atomic E-state index is 0.00207. The van der Waals surface area contributed by atoms with Gasteiger partial charge in [0, 0.05) is 53.5 Å². The summed E-state index contributed by atoms with van der Waals surface area (Å²) in [4.78, 5) is 6.62. The number of hydrogen-bond donors (Lipinski definition) is 0. The molecule has 21 heteroatoms. The van der Waals surface area contributed by atoms with Gasteiger partial charge in [-0.15, -0.1) is 0 Å². The fraction of sp³-hybridized carbons (Fsp3) is 0.0769. The predicted molar refractivity (Wildman–Crippen MR) is 261 cm³/mol. The maximum Gasteiger partial charge on any atom is 0.285 e. The van der Waals surface area contributed by atoms with Crippen molar-refractivity contribution in [1.82, 2.24) is 9.97 Å². The number of sulfonamides is 2. The molecule has 0 N–H and O–H groups in total. The average molecular weight is 1040 g/mol. The Balaban J connectivity index is 1.22. The highest BCUT2D eigenvalue weighted by Crippen LogP contribution is 2.43. The third-order valence-corrected chi connectivity index (χ3v) is 14.5. The molecule has 0 saturated carbocycles. The van der Waals surface area contributed by atoms with E-state index in [1.54, 1.807) is 48.5 Å². The lowest BCUT2D eigenvalue weighted by Gasteiger charge is -2.36. The lowest BCUT2D eigenvalue weighted by Crippen LogP contribution is -2.50. The minimum Gasteiger partial charge on any atom is -0.493 e. The summed E-state index contributed by atoms with van der Waals surface area (Å²) in [5.41, 5.74) is -0.835. The van der Waals surface area contributed by atoms with Crippen molar-refractivity contribution in [3.8, 4) is 57.5 Å². The number of nitrogens with zero attached hydrogens (tertiary/aromatic N) is 4. The summed E-state index contributed by atoms with van der Waals surface area (Å²) in [6.07, 6.45) is 2.76. The Morgan fingerprint density at radius 2 is 0.904 bits per heavy atom. The Bertz CT molecular complexity index is 3800. The molecule has 0 unspecified atom stereocenters. The highest BCUT2D eigenvalue weighted by molar-refractivity contribution is 7.97. The standard InChI is InChI=1S/C52H38F4N4O11S2/c1-65-48-27-37-42(29-50(48)67-3)57-21-19-44(37)70-46-17-14-32(24-40(46)55)59(72(61,62)36-12-8-11-35(26-36)69-34-9-6-5-7-10-34)60(73(63,64)52-23-31(53)13-16-39(52)54)33-15-18-47(41(56)25-33)71-45-20-22-58-43-30-51(68-4)49(66-2)28-38(43)45/h5-30H,1-4H3. The third kappa shape index (κ3) is 9.69. The zero-order valence-corrected chi connectivity index (χ0v) is 40.3. The molecule has 0 aliphatic carbocycles. The smallest absolute Gasteiger partial charge is 0.285 e. The van der Waals surface area contributed by atoms with Crippen LogP contribution in [0.2, 0.25) is 0 Å². The molecule has 0 bridgehead atoms. The van der Waals surface area contributed by atoms with Gasteiger partial charge in [-0.3, -0.25) is 9.97 Å². The fourth-order valence-corrected chi connectivity index (χ4v) is 10.9. The van der Waals surface area contributed by atoms with Crippen LogP contribution in [0.4, 0.5) is 28.9 Å². The van der Waals surface area contributed by atoms with Gasteiger partial charge in [0.2, 0.25) is 0 Å². The Kier molecular flexibility index (Phi) is 13.6. The number of para-hydroxylation sites is 1. The molecular formula is C52H38F4N4O11S2. The van der Waals surface area contributed by atoms with E-state index in [0.717, 1.165) is 36.4 Å². The molecule has 15 nitrogen and oxygen atoms in total. The van der Waals surface area contributed by atoms with Crippen molar-refractivity contribution >= 4 is 53.2 Å². The molecule has 0 aliphatic heterocycles. The molecule has 2 aromatic heterocycles. The molecular weight excluding hydrogens is 997 g/mol. The van der Waals surface area contributed by atoms with Gasteiger partial charge in [-0.05, 0) is 91.0 Å². The minimum atomic E-state index is -5.73. The number of ether oxygens (including phenoxy) is 7. The molecule has 0 atom stereocenters. The Hall–Kier alpha value is -8.82. The summed E-state index contributed by atoms with van der Waals surface area (Å²) in [5.74, 6) is -4.61. The molecule has 2 heterocycles. The normalized spacial score (nSPS) is 11.5. The Morgan fingerprint density at radius 3 is 1.41 bits per heavy atom. The maximum absolute atomic E-state index is 16.8. The number of aromatic nitrogens is 2. The second-order valence-electron chi connectivity index (χ2n) is 15.5. The molecule has 73 heavy (non-hydrogen) atoms. The summed E-state index contributed by atoms with van der Waals surface area (Å²) >= 11 is 0. The number of hydrazine groups is 1. The fourth-order valence-electron chi connectivity index (χ4n) is 7.57. The molecule has 0 saturated heterocycles. The van der Waals surface area contributed by atoms with Crippen molar-refractivity contribution in [3.63, 3.8) is 0 Å². The summed E-state index contributed by atoms with van der Waals surface area (Å²) < 4.78 is 165. The van der Waals surface area contributed by atoms with Gasteiger partial charge in [0.25, 0.3) is 20.0 Å². The average Bonchev–Trinajstić information content (AvgIpc) is 3.39. The van der Waals surface area contributed by atoms with Crippen LogP contribution in [0.3, 0.4) is 0 Å². The van der Waals surface area contributed by atoms with Crippen molar-refractivity contribution in [1.29, 1.82) is 0 Å². The first-order chi connectivity index (χ1) is 35.1. The SMILES string of the molecule is COc1cc2nccc(Oc3ccc(N(N(c4ccc(Oc5ccnc6cc(OC)c(OC)cc56)c(F)c4)S(=O)(=O)c4cc(F)ccc4F)S(=O)(=O)c4cccc(Oc5ccccc5)c4)cc3F)c2cc1OC.